The highest BCUT2D eigenvalue weighted by Crippen LogP contribution is 2.30. The number of halogens is 1. The molecule has 4 heteroatoms. The van der Waals surface area contributed by atoms with Gasteiger partial charge in [-0.15, -0.1) is 11.8 Å². The standard InChI is InChI=1S/C11H15ClN2S/c1-8-6-10(14-11(12)13-8)15-7-9-4-2-3-5-9/h6,9H,2-5,7H2,1H3. The summed E-state index contributed by atoms with van der Waals surface area (Å²) in [4.78, 5) is 8.27. The Morgan fingerprint density at radius 2 is 2.13 bits per heavy atom. The van der Waals surface area contributed by atoms with Crippen LogP contribution in [0.25, 0.3) is 0 Å². The van der Waals surface area contributed by atoms with Crippen LogP contribution in [0.4, 0.5) is 0 Å². The summed E-state index contributed by atoms with van der Waals surface area (Å²) >= 11 is 7.62. The van der Waals surface area contributed by atoms with Crippen molar-refractivity contribution in [3.05, 3.63) is 17.0 Å². The molecular formula is C11H15ClN2S. The van der Waals surface area contributed by atoms with E-state index in [1.807, 2.05) is 24.8 Å². The van der Waals surface area contributed by atoms with Crippen molar-refractivity contribution in [1.82, 2.24) is 9.97 Å². The Labute approximate surface area is 99.8 Å². The topological polar surface area (TPSA) is 25.8 Å². The molecule has 1 saturated carbocycles. The molecule has 0 aliphatic heterocycles. The normalized spacial score (nSPS) is 17.2. The minimum Gasteiger partial charge on any atom is -0.223 e. The largest absolute Gasteiger partial charge is 0.223 e. The van der Waals surface area contributed by atoms with Crippen molar-refractivity contribution in [2.24, 2.45) is 5.92 Å². The van der Waals surface area contributed by atoms with Crippen LogP contribution in [-0.2, 0) is 0 Å². The van der Waals surface area contributed by atoms with Crippen LogP contribution in [0, 0.1) is 12.8 Å². The minimum absolute atomic E-state index is 0.365. The van der Waals surface area contributed by atoms with Crippen LogP contribution in [0.5, 0.6) is 0 Å². The van der Waals surface area contributed by atoms with E-state index in [1.54, 1.807) is 0 Å². The average Bonchev–Trinajstić information content (AvgIpc) is 2.65. The lowest BCUT2D eigenvalue weighted by molar-refractivity contribution is 0.623. The molecule has 1 fully saturated rings. The van der Waals surface area contributed by atoms with Gasteiger partial charge in [0.2, 0.25) is 5.28 Å². The highest BCUT2D eigenvalue weighted by molar-refractivity contribution is 7.99. The number of hydrogen-bond donors (Lipinski definition) is 0. The SMILES string of the molecule is Cc1cc(SCC2CCCC2)nc(Cl)n1. The number of aryl methyl sites for hydroxylation is 1. The average molecular weight is 243 g/mol. The molecule has 1 aliphatic carbocycles. The van der Waals surface area contributed by atoms with E-state index < -0.39 is 0 Å². The Morgan fingerprint density at radius 1 is 1.40 bits per heavy atom. The van der Waals surface area contributed by atoms with Crippen molar-refractivity contribution in [2.75, 3.05) is 5.75 Å². The predicted molar refractivity (Wildman–Crippen MR) is 64.5 cm³/mol. The van der Waals surface area contributed by atoms with Gasteiger partial charge in [0.1, 0.15) is 5.03 Å². The second-order valence-corrected chi connectivity index (χ2v) is 5.46. The van der Waals surface area contributed by atoms with Gasteiger partial charge in [-0.2, -0.15) is 0 Å². The van der Waals surface area contributed by atoms with Gasteiger partial charge >= 0.3 is 0 Å². The summed E-state index contributed by atoms with van der Waals surface area (Å²) in [5.74, 6) is 2.05. The van der Waals surface area contributed by atoms with Crippen LogP contribution in [0.15, 0.2) is 11.1 Å². The van der Waals surface area contributed by atoms with Gasteiger partial charge in [-0.1, -0.05) is 12.8 Å². The molecule has 0 spiro atoms. The smallest absolute Gasteiger partial charge is 0.223 e. The summed E-state index contributed by atoms with van der Waals surface area (Å²) in [6.07, 6.45) is 5.55. The van der Waals surface area contributed by atoms with Crippen molar-refractivity contribution in [3.63, 3.8) is 0 Å². The van der Waals surface area contributed by atoms with E-state index in [-0.39, 0.29) is 0 Å². The summed E-state index contributed by atoms with van der Waals surface area (Å²) < 4.78 is 0. The molecule has 0 unspecified atom stereocenters. The van der Waals surface area contributed by atoms with Gasteiger partial charge in [-0.05, 0) is 43.4 Å². The monoisotopic (exact) mass is 242 g/mol. The third kappa shape index (κ3) is 3.35. The summed E-state index contributed by atoms with van der Waals surface area (Å²) in [6, 6.07) is 2.01. The van der Waals surface area contributed by atoms with Crippen LogP contribution in [-0.4, -0.2) is 15.7 Å². The molecule has 1 heterocycles. The maximum absolute atomic E-state index is 5.81. The van der Waals surface area contributed by atoms with E-state index in [2.05, 4.69) is 9.97 Å². The van der Waals surface area contributed by atoms with Crippen LogP contribution >= 0.6 is 23.4 Å². The predicted octanol–water partition coefficient (Wildman–Crippen LogP) is 3.72. The van der Waals surface area contributed by atoms with Gasteiger partial charge < -0.3 is 0 Å². The molecule has 1 aromatic heterocycles. The third-order valence-corrected chi connectivity index (χ3v) is 4.06. The summed E-state index contributed by atoms with van der Waals surface area (Å²) in [5, 5.41) is 1.38. The molecule has 15 heavy (non-hydrogen) atoms. The first-order valence-corrected chi connectivity index (χ1v) is 6.74. The van der Waals surface area contributed by atoms with E-state index in [9.17, 15) is 0 Å². The second-order valence-electron chi connectivity index (χ2n) is 4.08. The van der Waals surface area contributed by atoms with Gasteiger partial charge in [0.15, 0.2) is 0 Å². The highest BCUT2D eigenvalue weighted by Gasteiger charge is 2.15. The second kappa shape index (κ2) is 5.17. The van der Waals surface area contributed by atoms with Crippen LogP contribution in [0.1, 0.15) is 31.4 Å². The van der Waals surface area contributed by atoms with E-state index in [4.69, 9.17) is 11.6 Å². The molecule has 1 aromatic rings. The van der Waals surface area contributed by atoms with Crippen LogP contribution in [0.2, 0.25) is 5.28 Å². The Hall–Kier alpha value is -0.280. The Kier molecular flexibility index (Phi) is 3.87. The minimum atomic E-state index is 0.365. The number of nitrogens with zero attached hydrogens (tertiary/aromatic N) is 2. The van der Waals surface area contributed by atoms with Gasteiger partial charge in [-0.3, -0.25) is 0 Å². The molecule has 0 saturated heterocycles. The molecule has 2 nitrogen and oxygen atoms in total. The quantitative estimate of drug-likeness (QED) is 0.459. The zero-order valence-corrected chi connectivity index (χ0v) is 10.4. The molecule has 0 amide bonds. The Bertz CT molecular complexity index is 317. The summed E-state index contributed by atoms with van der Waals surface area (Å²) in [5.41, 5.74) is 0.948. The lowest BCUT2D eigenvalue weighted by Crippen LogP contribution is -1.97. The summed E-state index contributed by atoms with van der Waals surface area (Å²) in [7, 11) is 0. The number of hydrogen-bond acceptors (Lipinski definition) is 3. The molecule has 0 atom stereocenters. The molecule has 0 aromatic carbocycles. The lowest BCUT2D eigenvalue weighted by Gasteiger charge is -2.07. The molecule has 0 radical (unpaired) electrons. The van der Waals surface area contributed by atoms with Crippen molar-refractivity contribution >= 4 is 23.4 Å². The highest BCUT2D eigenvalue weighted by atomic mass is 35.5. The van der Waals surface area contributed by atoms with E-state index >= 15 is 0 Å². The molecule has 0 N–H and O–H groups in total. The third-order valence-electron chi connectivity index (χ3n) is 2.75. The zero-order valence-electron chi connectivity index (χ0n) is 8.87. The van der Waals surface area contributed by atoms with Crippen molar-refractivity contribution in [2.45, 2.75) is 37.6 Å². The van der Waals surface area contributed by atoms with Gasteiger partial charge in [0, 0.05) is 11.4 Å². The van der Waals surface area contributed by atoms with E-state index in [1.165, 1.54) is 31.4 Å². The Balaban J connectivity index is 1.92. The molecule has 82 valence electrons. The first-order chi connectivity index (χ1) is 7.24. The van der Waals surface area contributed by atoms with Gasteiger partial charge in [0.05, 0.1) is 0 Å². The van der Waals surface area contributed by atoms with Gasteiger partial charge in [0.25, 0.3) is 0 Å². The van der Waals surface area contributed by atoms with Crippen molar-refractivity contribution < 1.29 is 0 Å². The molecule has 0 bridgehead atoms. The van der Waals surface area contributed by atoms with Crippen molar-refractivity contribution in [3.8, 4) is 0 Å². The molecular weight excluding hydrogens is 228 g/mol. The van der Waals surface area contributed by atoms with Gasteiger partial charge in [-0.25, -0.2) is 9.97 Å². The van der Waals surface area contributed by atoms with E-state index in [0.717, 1.165) is 16.6 Å². The molecule has 2 rings (SSSR count). The summed E-state index contributed by atoms with van der Waals surface area (Å²) in [6.45, 7) is 1.95. The number of thioether (sulfide) groups is 1. The van der Waals surface area contributed by atoms with Crippen LogP contribution in [0.3, 0.4) is 0 Å². The molecule has 1 aliphatic rings. The van der Waals surface area contributed by atoms with Crippen molar-refractivity contribution in [1.29, 1.82) is 0 Å². The first kappa shape index (κ1) is 11.2. The Morgan fingerprint density at radius 3 is 2.80 bits per heavy atom. The lowest BCUT2D eigenvalue weighted by atomic mass is 10.1. The van der Waals surface area contributed by atoms with E-state index in [0.29, 0.717) is 5.28 Å². The number of aromatic nitrogens is 2. The van der Waals surface area contributed by atoms with Crippen LogP contribution < -0.4 is 0 Å². The number of rotatable bonds is 3. The zero-order chi connectivity index (χ0) is 10.7. The fourth-order valence-electron chi connectivity index (χ4n) is 1.96. The fraction of sp³-hybridized carbons (Fsp3) is 0.636. The fourth-order valence-corrected chi connectivity index (χ4v) is 3.38. The maximum Gasteiger partial charge on any atom is 0.223 e. The maximum atomic E-state index is 5.81. The first-order valence-electron chi connectivity index (χ1n) is 5.38.